The van der Waals surface area contributed by atoms with Crippen molar-refractivity contribution >= 4 is 23.7 Å². The molecule has 0 bridgehead atoms. The molecule has 1 atom stereocenters. The van der Waals surface area contributed by atoms with Crippen LogP contribution in [-0.2, 0) is 4.79 Å². The molecule has 1 heterocycles. The van der Waals surface area contributed by atoms with Crippen LogP contribution < -0.4 is 15.5 Å². The summed E-state index contributed by atoms with van der Waals surface area (Å²) >= 11 is 0. The molecule has 2 amide bonds. The van der Waals surface area contributed by atoms with Crippen LogP contribution in [0.5, 0.6) is 5.75 Å². The molecular formula is C25H26N4O6. The minimum atomic E-state index is -0.794. The molecule has 1 unspecified atom stereocenters. The number of nitro benzene ring substituents is 1. The molecule has 0 saturated carbocycles. The Morgan fingerprint density at radius 2 is 1.83 bits per heavy atom. The maximum atomic E-state index is 12.7. The molecule has 35 heavy (non-hydrogen) atoms. The predicted molar refractivity (Wildman–Crippen MR) is 130 cm³/mol. The van der Waals surface area contributed by atoms with Gasteiger partial charge in [0.15, 0.2) is 0 Å². The molecule has 0 fully saturated rings. The third-order valence-electron chi connectivity index (χ3n) is 5.20. The average Bonchev–Trinajstić information content (AvgIpc) is 3.30. The van der Waals surface area contributed by atoms with Crippen LogP contribution in [0.4, 0.5) is 5.69 Å². The number of nitrogens with zero attached hydrogens (tertiary/aromatic N) is 2. The third-order valence-corrected chi connectivity index (χ3v) is 5.20. The fraction of sp³-hybridized carbons (Fsp3) is 0.240. The average molecular weight is 479 g/mol. The molecule has 0 aliphatic heterocycles. The summed E-state index contributed by atoms with van der Waals surface area (Å²) in [6.45, 7) is 5.56. The van der Waals surface area contributed by atoms with Gasteiger partial charge in [-0.25, -0.2) is 5.43 Å². The first-order valence-electron chi connectivity index (χ1n) is 10.8. The predicted octanol–water partition coefficient (Wildman–Crippen LogP) is 4.08. The molecule has 1 aromatic heterocycles. The van der Waals surface area contributed by atoms with E-state index in [-0.39, 0.29) is 23.3 Å². The largest absolute Gasteiger partial charge is 0.496 e. The first kappa shape index (κ1) is 25.2. The molecule has 10 heteroatoms. The molecule has 3 rings (SSSR count). The summed E-state index contributed by atoms with van der Waals surface area (Å²) in [7, 11) is 1.41. The number of methoxy groups -OCH3 is 1. The summed E-state index contributed by atoms with van der Waals surface area (Å²) in [4.78, 5) is 35.6. The van der Waals surface area contributed by atoms with E-state index < -0.39 is 16.9 Å². The molecule has 2 aromatic carbocycles. The molecule has 2 N–H and O–H groups in total. The van der Waals surface area contributed by atoms with Gasteiger partial charge in [0.25, 0.3) is 17.5 Å². The zero-order chi connectivity index (χ0) is 25.5. The van der Waals surface area contributed by atoms with Gasteiger partial charge in [-0.1, -0.05) is 31.5 Å². The van der Waals surface area contributed by atoms with Crippen LogP contribution in [0.25, 0.3) is 11.3 Å². The van der Waals surface area contributed by atoms with Gasteiger partial charge in [0.1, 0.15) is 23.3 Å². The van der Waals surface area contributed by atoms with Gasteiger partial charge in [0.2, 0.25) is 0 Å². The van der Waals surface area contributed by atoms with Crippen molar-refractivity contribution in [3.63, 3.8) is 0 Å². The van der Waals surface area contributed by atoms with E-state index in [0.717, 1.165) is 5.56 Å². The number of non-ortho nitro benzene ring substituents is 1. The SMILES string of the molecule is COc1cc([N+](=O)[O-])ccc1-c1ccc(/C=N\NC(=O)C(NC(=O)c2ccc(C)cc2)C(C)C)o1. The molecular weight excluding hydrogens is 452 g/mol. The summed E-state index contributed by atoms with van der Waals surface area (Å²) in [6.07, 6.45) is 1.32. The fourth-order valence-electron chi connectivity index (χ4n) is 3.26. The van der Waals surface area contributed by atoms with Crippen molar-refractivity contribution in [1.29, 1.82) is 0 Å². The normalized spacial score (nSPS) is 11.9. The number of nitro groups is 1. The molecule has 0 spiro atoms. The van der Waals surface area contributed by atoms with Crippen LogP contribution in [-0.4, -0.2) is 36.1 Å². The number of rotatable bonds is 9. The van der Waals surface area contributed by atoms with Gasteiger partial charge < -0.3 is 14.5 Å². The van der Waals surface area contributed by atoms with Crippen LogP contribution in [0, 0.1) is 23.0 Å². The lowest BCUT2D eigenvalue weighted by molar-refractivity contribution is -0.384. The van der Waals surface area contributed by atoms with E-state index in [4.69, 9.17) is 9.15 Å². The first-order valence-corrected chi connectivity index (χ1v) is 10.8. The van der Waals surface area contributed by atoms with Crippen molar-refractivity contribution < 1.29 is 23.7 Å². The van der Waals surface area contributed by atoms with Gasteiger partial charge in [-0.2, -0.15) is 5.10 Å². The molecule has 182 valence electrons. The number of ether oxygens (including phenoxy) is 1. The number of nitrogens with one attached hydrogen (secondary N) is 2. The Labute approximate surface area is 202 Å². The van der Waals surface area contributed by atoms with Gasteiger partial charge in [0, 0.05) is 11.6 Å². The topological polar surface area (TPSA) is 136 Å². The maximum Gasteiger partial charge on any atom is 0.273 e. The molecule has 0 aliphatic carbocycles. The summed E-state index contributed by atoms with van der Waals surface area (Å²) < 4.78 is 11.0. The number of furan rings is 1. The van der Waals surface area contributed by atoms with Gasteiger partial charge in [0.05, 0.1) is 29.9 Å². The Kier molecular flexibility index (Phi) is 7.98. The number of aryl methyl sites for hydroxylation is 1. The monoisotopic (exact) mass is 478 g/mol. The van der Waals surface area contributed by atoms with Gasteiger partial charge in [-0.15, -0.1) is 0 Å². The van der Waals surface area contributed by atoms with Crippen LogP contribution in [0.2, 0.25) is 0 Å². The zero-order valence-electron chi connectivity index (χ0n) is 19.8. The minimum absolute atomic E-state index is 0.101. The minimum Gasteiger partial charge on any atom is -0.496 e. The van der Waals surface area contributed by atoms with Gasteiger partial charge in [-0.05, 0) is 43.2 Å². The second-order valence-corrected chi connectivity index (χ2v) is 8.14. The molecule has 3 aromatic rings. The molecule has 0 aliphatic rings. The van der Waals surface area contributed by atoms with E-state index in [0.29, 0.717) is 22.6 Å². The summed E-state index contributed by atoms with van der Waals surface area (Å²) in [5.41, 5.74) is 4.34. The van der Waals surface area contributed by atoms with Crippen molar-refractivity contribution in [2.75, 3.05) is 7.11 Å². The number of hydrazone groups is 1. The Morgan fingerprint density at radius 3 is 2.46 bits per heavy atom. The Hall–Kier alpha value is -4.47. The number of benzene rings is 2. The van der Waals surface area contributed by atoms with Crippen LogP contribution in [0.15, 0.2) is 64.1 Å². The Morgan fingerprint density at radius 1 is 1.11 bits per heavy atom. The lowest BCUT2D eigenvalue weighted by atomic mass is 10.0. The van der Waals surface area contributed by atoms with Gasteiger partial charge in [-0.3, -0.25) is 19.7 Å². The van der Waals surface area contributed by atoms with E-state index >= 15 is 0 Å². The smallest absolute Gasteiger partial charge is 0.273 e. The highest BCUT2D eigenvalue weighted by Gasteiger charge is 2.24. The lowest BCUT2D eigenvalue weighted by Crippen LogP contribution is -2.48. The van der Waals surface area contributed by atoms with E-state index in [1.165, 1.54) is 31.5 Å². The van der Waals surface area contributed by atoms with E-state index in [2.05, 4.69) is 15.8 Å². The number of carbonyl (C=O) groups excluding carboxylic acids is 2. The lowest BCUT2D eigenvalue weighted by Gasteiger charge is -2.20. The number of carbonyl (C=O) groups is 2. The second-order valence-electron chi connectivity index (χ2n) is 8.14. The van der Waals surface area contributed by atoms with Crippen molar-refractivity contribution in [1.82, 2.24) is 10.7 Å². The van der Waals surface area contributed by atoms with E-state index in [9.17, 15) is 19.7 Å². The van der Waals surface area contributed by atoms with E-state index in [1.54, 1.807) is 24.3 Å². The van der Waals surface area contributed by atoms with Crippen molar-refractivity contribution in [3.05, 3.63) is 81.6 Å². The number of amides is 2. The summed E-state index contributed by atoms with van der Waals surface area (Å²) in [6, 6.07) is 13.7. The number of hydrogen-bond donors (Lipinski definition) is 2. The maximum absolute atomic E-state index is 12.7. The highest BCUT2D eigenvalue weighted by atomic mass is 16.6. The Bertz CT molecular complexity index is 1250. The second kappa shape index (κ2) is 11.1. The van der Waals surface area contributed by atoms with Gasteiger partial charge >= 0.3 is 0 Å². The molecule has 10 nitrogen and oxygen atoms in total. The van der Waals surface area contributed by atoms with Crippen molar-refractivity contribution in [2.45, 2.75) is 26.8 Å². The standard InChI is InChI=1S/C25H26N4O6/c1-15(2)23(27-24(30)17-7-5-16(3)6-8-17)25(31)28-26-14-19-10-12-21(35-19)20-11-9-18(29(32)33)13-22(20)34-4/h5-15,23H,1-4H3,(H,27,30)(H,28,31)/b26-14-. The van der Waals surface area contributed by atoms with E-state index in [1.807, 2.05) is 32.9 Å². The first-order chi connectivity index (χ1) is 16.7. The highest BCUT2D eigenvalue weighted by Crippen LogP contribution is 2.34. The summed E-state index contributed by atoms with van der Waals surface area (Å²) in [5.74, 6) is 0.0374. The highest BCUT2D eigenvalue weighted by molar-refractivity contribution is 5.97. The quantitative estimate of drug-likeness (QED) is 0.270. The Balaban J connectivity index is 1.66. The third kappa shape index (κ3) is 6.32. The van der Waals surface area contributed by atoms with Crippen LogP contribution in [0.3, 0.4) is 0 Å². The van der Waals surface area contributed by atoms with Crippen LogP contribution in [0.1, 0.15) is 35.5 Å². The fourth-order valence-corrected chi connectivity index (χ4v) is 3.26. The summed E-state index contributed by atoms with van der Waals surface area (Å²) in [5, 5.41) is 17.7. The molecule has 0 saturated heterocycles. The van der Waals surface area contributed by atoms with Crippen molar-refractivity contribution in [3.8, 4) is 17.1 Å². The zero-order valence-corrected chi connectivity index (χ0v) is 19.8. The number of hydrogen-bond acceptors (Lipinski definition) is 7. The van der Waals surface area contributed by atoms with Crippen LogP contribution >= 0.6 is 0 Å². The van der Waals surface area contributed by atoms with Crippen molar-refractivity contribution in [2.24, 2.45) is 11.0 Å². The molecule has 0 radical (unpaired) electrons.